The standard InChI is InChI=1S/C35H35ClFN7O4/c1-21-30(35(47)44(42(21)2)28-10-4-3-9-26(28)36)34(46)40-23-14-12-22(13-15-23)32-33(38)39-18-27(41-32)25-8-7-11-29(31(25)37)48-20-24(45)19-43-16-5-6-17-43/h3-4,7-15,18,24,45H,5-6,16-17,19-20H2,1-2H3,(H2,38,39)(H,40,46). The van der Waals surface area contributed by atoms with Crippen LogP contribution in [0.4, 0.5) is 15.9 Å². The van der Waals surface area contributed by atoms with Crippen LogP contribution in [0, 0.1) is 12.7 Å². The van der Waals surface area contributed by atoms with Crippen molar-refractivity contribution in [3.05, 3.63) is 105 Å². The van der Waals surface area contributed by atoms with E-state index in [1.165, 1.54) is 16.9 Å². The van der Waals surface area contributed by atoms with E-state index in [9.17, 15) is 14.7 Å². The number of hydrogen-bond donors (Lipinski definition) is 3. The SMILES string of the molecule is Cc1c(C(=O)Nc2ccc(-c3nc(-c4cccc(OCC(O)CN5CCCC5)c4F)cnc3N)cc2)c(=O)n(-c2ccccc2Cl)n1C. The summed E-state index contributed by atoms with van der Waals surface area (Å²) in [6, 6.07) is 18.3. The molecule has 2 aromatic heterocycles. The van der Waals surface area contributed by atoms with Gasteiger partial charge in [0.1, 0.15) is 29.8 Å². The van der Waals surface area contributed by atoms with Gasteiger partial charge in [-0.1, -0.05) is 41.9 Å². The lowest BCUT2D eigenvalue weighted by Crippen LogP contribution is -2.33. The summed E-state index contributed by atoms with van der Waals surface area (Å²) in [6.45, 7) is 4.00. The molecule has 1 unspecified atom stereocenters. The van der Waals surface area contributed by atoms with E-state index in [2.05, 4.69) is 20.2 Å². The number of likely N-dealkylation sites (tertiary alicyclic amines) is 1. The van der Waals surface area contributed by atoms with E-state index in [-0.39, 0.29) is 35.0 Å². The minimum absolute atomic E-state index is 0.000479. The van der Waals surface area contributed by atoms with Crippen molar-refractivity contribution in [3.8, 4) is 34.0 Å². The Morgan fingerprint density at radius 1 is 1.10 bits per heavy atom. The third-order valence-electron chi connectivity index (χ3n) is 8.42. The van der Waals surface area contributed by atoms with Gasteiger partial charge < -0.3 is 25.8 Å². The van der Waals surface area contributed by atoms with Gasteiger partial charge in [0.25, 0.3) is 11.5 Å². The average molecular weight is 672 g/mol. The molecule has 0 radical (unpaired) electrons. The minimum atomic E-state index is -0.745. The topological polar surface area (TPSA) is 141 Å². The van der Waals surface area contributed by atoms with Crippen LogP contribution in [0.1, 0.15) is 28.9 Å². The highest BCUT2D eigenvalue weighted by atomic mass is 35.5. The quantitative estimate of drug-likeness (QED) is 0.187. The van der Waals surface area contributed by atoms with Crippen molar-refractivity contribution < 1.29 is 19.0 Å². The number of nitrogens with one attached hydrogen (secondary N) is 1. The van der Waals surface area contributed by atoms with Crippen LogP contribution in [-0.4, -0.2) is 67.6 Å². The number of nitrogen functional groups attached to an aromatic ring is 1. The van der Waals surface area contributed by atoms with E-state index < -0.39 is 23.4 Å². The van der Waals surface area contributed by atoms with E-state index in [0.717, 1.165) is 25.9 Å². The number of anilines is 2. The fraction of sp³-hybridized carbons (Fsp3) is 0.257. The molecule has 0 saturated carbocycles. The number of amides is 1. The molecule has 248 valence electrons. The molecule has 1 fully saturated rings. The van der Waals surface area contributed by atoms with Crippen LogP contribution < -0.4 is 21.3 Å². The third-order valence-corrected chi connectivity index (χ3v) is 8.74. The highest BCUT2D eigenvalue weighted by Gasteiger charge is 2.24. The molecular formula is C35H35ClFN7O4. The Morgan fingerprint density at radius 3 is 2.56 bits per heavy atom. The zero-order valence-corrected chi connectivity index (χ0v) is 27.2. The van der Waals surface area contributed by atoms with E-state index in [1.807, 2.05) is 0 Å². The van der Waals surface area contributed by atoms with Gasteiger partial charge in [-0.2, -0.15) is 0 Å². The first-order valence-corrected chi connectivity index (χ1v) is 15.9. The molecule has 48 heavy (non-hydrogen) atoms. The Balaban J connectivity index is 1.18. The number of β-amino-alcohol motifs (C(OH)–C–C–N with tert-alkyl or cyclic N) is 1. The van der Waals surface area contributed by atoms with Crippen molar-refractivity contribution >= 4 is 29.0 Å². The van der Waals surface area contributed by atoms with Gasteiger partial charge in [-0.05, 0) is 69.3 Å². The molecular weight excluding hydrogens is 637 g/mol. The summed E-state index contributed by atoms with van der Waals surface area (Å²) in [5, 5.41) is 13.5. The van der Waals surface area contributed by atoms with Gasteiger partial charge in [0.2, 0.25) is 0 Å². The van der Waals surface area contributed by atoms with E-state index in [4.69, 9.17) is 22.1 Å². The summed E-state index contributed by atoms with van der Waals surface area (Å²) in [5.41, 5.74) is 8.32. The Bertz CT molecular complexity index is 2020. The summed E-state index contributed by atoms with van der Waals surface area (Å²) >= 11 is 6.33. The maximum Gasteiger partial charge on any atom is 0.284 e. The minimum Gasteiger partial charge on any atom is -0.488 e. The van der Waals surface area contributed by atoms with Crippen LogP contribution in [0.25, 0.3) is 28.2 Å². The first-order valence-electron chi connectivity index (χ1n) is 15.5. The Labute approximate surface area is 281 Å². The van der Waals surface area contributed by atoms with Crippen LogP contribution in [-0.2, 0) is 7.05 Å². The third kappa shape index (κ3) is 6.68. The molecule has 6 rings (SSSR count). The molecule has 0 aliphatic carbocycles. The van der Waals surface area contributed by atoms with Crippen LogP contribution in [0.5, 0.6) is 5.75 Å². The first-order chi connectivity index (χ1) is 23.1. The summed E-state index contributed by atoms with van der Waals surface area (Å²) in [6.07, 6.45) is 2.86. The van der Waals surface area contributed by atoms with Gasteiger partial charge >= 0.3 is 0 Å². The second-order valence-corrected chi connectivity index (χ2v) is 12.1. The number of carbonyl (C=O) groups is 1. The van der Waals surface area contributed by atoms with Crippen molar-refractivity contribution in [2.45, 2.75) is 25.9 Å². The molecule has 0 spiro atoms. The van der Waals surface area contributed by atoms with E-state index >= 15 is 4.39 Å². The van der Waals surface area contributed by atoms with E-state index in [0.29, 0.717) is 39.9 Å². The normalized spacial score (nSPS) is 13.9. The molecule has 3 heterocycles. The molecule has 1 saturated heterocycles. The number of para-hydroxylation sites is 1. The lowest BCUT2D eigenvalue weighted by Gasteiger charge is -2.20. The fourth-order valence-corrected chi connectivity index (χ4v) is 6.05. The van der Waals surface area contributed by atoms with Crippen LogP contribution in [0.3, 0.4) is 0 Å². The predicted molar refractivity (Wildman–Crippen MR) is 183 cm³/mol. The second-order valence-electron chi connectivity index (χ2n) is 11.7. The number of carbonyl (C=O) groups excluding carboxylic acids is 1. The van der Waals surface area contributed by atoms with Gasteiger partial charge in [0.05, 0.1) is 28.3 Å². The Morgan fingerprint density at radius 2 is 1.83 bits per heavy atom. The predicted octanol–water partition coefficient (Wildman–Crippen LogP) is 5.07. The summed E-state index contributed by atoms with van der Waals surface area (Å²) in [7, 11) is 1.68. The van der Waals surface area contributed by atoms with E-state index in [1.54, 1.807) is 79.3 Å². The van der Waals surface area contributed by atoms with Gasteiger partial charge in [-0.3, -0.25) is 14.3 Å². The zero-order valence-electron chi connectivity index (χ0n) is 26.5. The monoisotopic (exact) mass is 671 g/mol. The number of nitrogens with zero attached hydrogens (tertiary/aromatic N) is 5. The van der Waals surface area contributed by atoms with Crippen molar-refractivity contribution in [2.75, 3.05) is 37.3 Å². The maximum absolute atomic E-state index is 15.6. The van der Waals surface area contributed by atoms with Crippen LogP contribution >= 0.6 is 11.6 Å². The molecule has 1 amide bonds. The number of aliphatic hydroxyl groups excluding tert-OH is 1. The highest BCUT2D eigenvalue weighted by Crippen LogP contribution is 2.31. The lowest BCUT2D eigenvalue weighted by molar-refractivity contribution is 0.0743. The van der Waals surface area contributed by atoms with Crippen LogP contribution in [0.15, 0.2) is 77.7 Å². The van der Waals surface area contributed by atoms with Gasteiger partial charge in [-0.25, -0.2) is 19.0 Å². The van der Waals surface area contributed by atoms with Gasteiger partial charge in [0.15, 0.2) is 11.6 Å². The van der Waals surface area contributed by atoms with Gasteiger partial charge in [0, 0.05) is 30.4 Å². The number of ether oxygens (including phenoxy) is 1. The van der Waals surface area contributed by atoms with Crippen molar-refractivity contribution in [1.82, 2.24) is 24.2 Å². The number of hydrogen-bond acceptors (Lipinski definition) is 8. The molecule has 0 bridgehead atoms. The fourth-order valence-electron chi connectivity index (χ4n) is 5.83. The maximum atomic E-state index is 15.6. The van der Waals surface area contributed by atoms with Crippen LogP contribution in [0.2, 0.25) is 5.02 Å². The molecule has 1 atom stereocenters. The number of benzene rings is 3. The smallest absolute Gasteiger partial charge is 0.284 e. The Hall–Kier alpha value is -5.04. The number of nitrogens with two attached hydrogens (primary N) is 1. The number of aromatic nitrogens is 4. The number of rotatable bonds is 10. The Kier molecular flexibility index (Phi) is 9.58. The molecule has 1 aliphatic heterocycles. The highest BCUT2D eigenvalue weighted by molar-refractivity contribution is 6.32. The molecule has 11 nitrogen and oxygen atoms in total. The van der Waals surface area contributed by atoms with Crippen molar-refractivity contribution in [3.63, 3.8) is 0 Å². The molecule has 5 aromatic rings. The summed E-state index contributed by atoms with van der Waals surface area (Å²) in [5.74, 6) is -1.07. The molecule has 13 heteroatoms. The molecule has 1 aliphatic rings. The number of aliphatic hydroxyl groups is 1. The van der Waals surface area contributed by atoms with Crippen molar-refractivity contribution in [1.29, 1.82) is 0 Å². The van der Waals surface area contributed by atoms with Crippen molar-refractivity contribution in [2.24, 2.45) is 7.05 Å². The zero-order chi connectivity index (χ0) is 33.9. The largest absolute Gasteiger partial charge is 0.488 e. The molecule has 3 aromatic carbocycles. The lowest BCUT2D eigenvalue weighted by atomic mass is 10.1. The average Bonchev–Trinajstić information content (AvgIpc) is 3.66. The summed E-state index contributed by atoms with van der Waals surface area (Å²) < 4.78 is 24.2. The number of halogens is 2. The molecule has 4 N–H and O–H groups in total. The van der Waals surface area contributed by atoms with Gasteiger partial charge in [-0.15, -0.1) is 0 Å². The second kappa shape index (κ2) is 14.0. The first kappa shape index (κ1) is 32.9. The summed E-state index contributed by atoms with van der Waals surface area (Å²) in [4.78, 5) is 37.7.